The third-order valence-electron chi connectivity index (χ3n) is 7.21. The minimum absolute atomic E-state index is 0.290. The summed E-state index contributed by atoms with van der Waals surface area (Å²) in [5.74, 6) is 0.298. The van der Waals surface area contributed by atoms with Crippen molar-refractivity contribution in [3.8, 4) is 5.75 Å². The SMILES string of the molecule is C=C1C(C(=O)OCC)=C(c2ccccc2)c2ccc(OCCOCCOCCOCCOCCOCCOCCOCCOCCOC)cc21. The molecule has 0 N–H and O–H groups in total. The number of hydrogen-bond acceptors (Lipinski definition) is 12. The van der Waals surface area contributed by atoms with Crippen LogP contribution in [-0.4, -0.2) is 139 Å². The first-order valence-corrected chi connectivity index (χ1v) is 17.2. The predicted molar refractivity (Wildman–Crippen MR) is 188 cm³/mol. The Morgan fingerprint density at radius 2 is 1.00 bits per heavy atom. The predicted octanol–water partition coefficient (Wildman–Crippen LogP) is 4.24. The van der Waals surface area contributed by atoms with E-state index in [2.05, 4.69) is 6.58 Å². The van der Waals surface area contributed by atoms with Gasteiger partial charge in [-0.05, 0) is 41.3 Å². The largest absolute Gasteiger partial charge is 0.491 e. The molecule has 0 unspecified atom stereocenters. The standard InChI is InChI=1S/C38H54O12/c1-4-49-38(39)36-31(2)35-30-33(10-11-34(35)37(36)32-8-6-5-7-9-32)50-29-28-48-27-26-47-25-24-46-23-22-45-21-20-44-19-18-43-17-16-42-15-14-41-13-12-40-3/h5-11,30H,2,4,12-29H2,1,3H3. The molecule has 0 amide bonds. The van der Waals surface area contributed by atoms with Gasteiger partial charge >= 0.3 is 5.97 Å². The first kappa shape index (κ1) is 41.3. The topological polar surface area (TPSA) is 119 Å². The molecular weight excluding hydrogens is 648 g/mol. The lowest BCUT2D eigenvalue weighted by Gasteiger charge is -2.11. The van der Waals surface area contributed by atoms with E-state index < -0.39 is 0 Å². The van der Waals surface area contributed by atoms with Crippen molar-refractivity contribution in [2.75, 3.05) is 133 Å². The maximum absolute atomic E-state index is 12.9. The highest BCUT2D eigenvalue weighted by molar-refractivity contribution is 6.20. The van der Waals surface area contributed by atoms with E-state index in [-0.39, 0.29) is 5.97 Å². The minimum atomic E-state index is -0.378. The molecule has 0 spiro atoms. The maximum atomic E-state index is 12.9. The van der Waals surface area contributed by atoms with Gasteiger partial charge in [0.2, 0.25) is 0 Å². The molecule has 0 fully saturated rings. The summed E-state index contributed by atoms with van der Waals surface area (Å²) >= 11 is 0. The van der Waals surface area contributed by atoms with E-state index in [1.807, 2.05) is 48.5 Å². The Kier molecular flexibility index (Phi) is 22.0. The number of carbonyl (C=O) groups excluding carboxylic acids is 1. The molecule has 0 aliphatic heterocycles. The second kappa shape index (κ2) is 26.6. The van der Waals surface area contributed by atoms with Crippen LogP contribution in [-0.2, 0) is 52.2 Å². The van der Waals surface area contributed by atoms with Gasteiger partial charge < -0.3 is 52.1 Å². The quantitative estimate of drug-likeness (QED) is 0.0827. The van der Waals surface area contributed by atoms with Crippen molar-refractivity contribution in [1.82, 2.24) is 0 Å². The van der Waals surface area contributed by atoms with E-state index in [0.717, 1.165) is 22.3 Å². The maximum Gasteiger partial charge on any atom is 0.339 e. The number of carbonyl (C=O) groups is 1. The van der Waals surface area contributed by atoms with Crippen molar-refractivity contribution >= 4 is 17.1 Å². The van der Waals surface area contributed by atoms with Gasteiger partial charge in [-0.2, -0.15) is 0 Å². The molecule has 0 atom stereocenters. The molecule has 50 heavy (non-hydrogen) atoms. The molecule has 0 bridgehead atoms. The van der Waals surface area contributed by atoms with Crippen LogP contribution in [0.1, 0.15) is 23.6 Å². The van der Waals surface area contributed by atoms with Crippen molar-refractivity contribution in [3.63, 3.8) is 0 Å². The molecule has 12 nitrogen and oxygen atoms in total. The molecule has 3 rings (SSSR count). The lowest BCUT2D eigenvalue weighted by Crippen LogP contribution is -2.15. The van der Waals surface area contributed by atoms with Gasteiger partial charge in [0, 0.05) is 12.7 Å². The monoisotopic (exact) mass is 702 g/mol. The molecule has 0 heterocycles. The van der Waals surface area contributed by atoms with E-state index in [1.165, 1.54) is 0 Å². The van der Waals surface area contributed by atoms with E-state index in [0.29, 0.717) is 142 Å². The second-order valence-corrected chi connectivity index (χ2v) is 10.8. The lowest BCUT2D eigenvalue weighted by atomic mass is 9.97. The van der Waals surface area contributed by atoms with Crippen LogP contribution in [0.3, 0.4) is 0 Å². The fourth-order valence-electron chi connectivity index (χ4n) is 4.84. The lowest BCUT2D eigenvalue weighted by molar-refractivity contribution is -0.137. The molecule has 1 aliphatic carbocycles. The van der Waals surface area contributed by atoms with Crippen LogP contribution in [0.4, 0.5) is 0 Å². The summed E-state index contributed by atoms with van der Waals surface area (Å²) in [5, 5.41) is 0. The number of rotatable bonds is 31. The van der Waals surface area contributed by atoms with Gasteiger partial charge in [-0.25, -0.2) is 4.79 Å². The summed E-state index contributed by atoms with van der Waals surface area (Å²) < 4.78 is 60.0. The molecule has 12 heteroatoms. The number of methoxy groups -OCH3 is 1. The van der Waals surface area contributed by atoms with Crippen LogP contribution in [0.25, 0.3) is 11.1 Å². The Balaban J connectivity index is 1.12. The van der Waals surface area contributed by atoms with Crippen molar-refractivity contribution < 1.29 is 56.9 Å². The molecule has 0 saturated carbocycles. The van der Waals surface area contributed by atoms with Gasteiger partial charge in [0.15, 0.2) is 0 Å². The number of ether oxygens (including phenoxy) is 11. The highest BCUT2D eigenvalue weighted by atomic mass is 16.6. The third-order valence-corrected chi connectivity index (χ3v) is 7.21. The third kappa shape index (κ3) is 15.8. The number of hydrogen-bond donors (Lipinski definition) is 0. The number of fused-ring (bicyclic) bond motifs is 1. The highest BCUT2D eigenvalue weighted by Gasteiger charge is 2.31. The fraction of sp³-hybridized carbons (Fsp3) is 0.553. The molecule has 0 aromatic heterocycles. The molecule has 2 aromatic rings. The zero-order chi connectivity index (χ0) is 35.5. The average Bonchev–Trinajstić information content (AvgIpc) is 3.43. The number of esters is 1. The zero-order valence-electron chi connectivity index (χ0n) is 29.7. The van der Waals surface area contributed by atoms with Crippen LogP contribution < -0.4 is 4.74 Å². The Morgan fingerprint density at radius 3 is 1.44 bits per heavy atom. The number of benzene rings is 2. The van der Waals surface area contributed by atoms with Crippen LogP contribution >= 0.6 is 0 Å². The fourth-order valence-corrected chi connectivity index (χ4v) is 4.84. The molecule has 1 aliphatic rings. The van der Waals surface area contributed by atoms with Gasteiger partial charge in [0.25, 0.3) is 0 Å². The van der Waals surface area contributed by atoms with Crippen molar-refractivity contribution in [2.45, 2.75) is 6.92 Å². The van der Waals surface area contributed by atoms with Crippen LogP contribution in [0, 0.1) is 0 Å². The summed E-state index contributed by atoms with van der Waals surface area (Å²) in [6.45, 7) is 15.2. The van der Waals surface area contributed by atoms with E-state index in [9.17, 15) is 4.79 Å². The van der Waals surface area contributed by atoms with Gasteiger partial charge in [0.05, 0.1) is 124 Å². The van der Waals surface area contributed by atoms with Crippen LogP contribution in [0.5, 0.6) is 5.75 Å². The Bertz CT molecular complexity index is 1250. The normalized spacial score (nSPS) is 12.5. The van der Waals surface area contributed by atoms with E-state index in [4.69, 9.17) is 52.1 Å². The Hall–Kier alpha value is -3.17. The van der Waals surface area contributed by atoms with Crippen LogP contribution in [0.15, 0.2) is 60.7 Å². The van der Waals surface area contributed by atoms with Crippen LogP contribution in [0.2, 0.25) is 0 Å². The molecule has 0 saturated heterocycles. The summed E-state index contributed by atoms with van der Waals surface area (Å²) in [6.07, 6.45) is 0. The Morgan fingerprint density at radius 1 is 0.560 bits per heavy atom. The molecular formula is C38H54O12. The highest BCUT2D eigenvalue weighted by Crippen LogP contribution is 2.45. The molecule has 2 aromatic carbocycles. The summed E-state index contributed by atoms with van der Waals surface area (Å²) in [5.41, 5.74) is 4.67. The first-order valence-electron chi connectivity index (χ1n) is 17.2. The van der Waals surface area contributed by atoms with Gasteiger partial charge in [-0.3, -0.25) is 0 Å². The van der Waals surface area contributed by atoms with E-state index in [1.54, 1.807) is 14.0 Å². The average molecular weight is 703 g/mol. The summed E-state index contributed by atoms with van der Waals surface area (Å²) in [6, 6.07) is 15.6. The van der Waals surface area contributed by atoms with Crippen molar-refractivity contribution in [1.29, 1.82) is 0 Å². The van der Waals surface area contributed by atoms with Crippen molar-refractivity contribution in [2.24, 2.45) is 0 Å². The smallest absolute Gasteiger partial charge is 0.339 e. The molecule has 0 radical (unpaired) electrons. The first-order chi connectivity index (χ1) is 24.7. The summed E-state index contributed by atoms with van der Waals surface area (Å²) in [4.78, 5) is 12.9. The summed E-state index contributed by atoms with van der Waals surface area (Å²) in [7, 11) is 1.64. The second-order valence-electron chi connectivity index (χ2n) is 10.8. The van der Waals surface area contributed by atoms with Crippen molar-refractivity contribution in [3.05, 3.63) is 77.4 Å². The van der Waals surface area contributed by atoms with Gasteiger partial charge in [-0.15, -0.1) is 0 Å². The Labute approximate surface area is 296 Å². The van der Waals surface area contributed by atoms with E-state index >= 15 is 0 Å². The molecule has 278 valence electrons. The zero-order valence-corrected chi connectivity index (χ0v) is 29.7. The van der Waals surface area contributed by atoms with Gasteiger partial charge in [0.1, 0.15) is 12.4 Å². The van der Waals surface area contributed by atoms with Gasteiger partial charge in [-0.1, -0.05) is 43.0 Å². The minimum Gasteiger partial charge on any atom is -0.491 e.